The molecule has 176 valence electrons. The van der Waals surface area contributed by atoms with Crippen molar-refractivity contribution in [3.05, 3.63) is 82.9 Å². The monoisotopic (exact) mass is 479 g/mol. The molecule has 0 aliphatic carbocycles. The molecule has 0 aliphatic rings. The van der Waals surface area contributed by atoms with Crippen LogP contribution >= 0.6 is 0 Å². The van der Waals surface area contributed by atoms with E-state index in [4.69, 9.17) is 6.57 Å². The van der Waals surface area contributed by atoms with E-state index in [9.17, 15) is 23.1 Å². The van der Waals surface area contributed by atoms with Crippen LogP contribution in [0.15, 0.2) is 48.9 Å². The molecule has 1 aromatic carbocycles. The molecule has 3 heterocycles. The van der Waals surface area contributed by atoms with Gasteiger partial charge in [0, 0.05) is 41.1 Å². The zero-order valence-corrected chi connectivity index (χ0v) is 18.3. The van der Waals surface area contributed by atoms with Crippen molar-refractivity contribution in [1.82, 2.24) is 24.7 Å². The Morgan fingerprint density at radius 2 is 1.89 bits per heavy atom. The third-order valence-electron chi connectivity index (χ3n) is 4.89. The molecule has 0 fully saturated rings. The lowest BCUT2D eigenvalue weighted by Gasteiger charge is -2.13. The highest BCUT2D eigenvalue weighted by Crippen LogP contribution is 2.32. The maximum absolute atomic E-state index is 13.3. The second-order valence-corrected chi connectivity index (χ2v) is 7.57. The van der Waals surface area contributed by atoms with Crippen LogP contribution in [-0.4, -0.2) is 35.8 Å². The number of benzene rings is 1. The van der Waals surface area contributed by atoms with Crippen molar-refractivity contribution in [3.8, 4) is 16.9 Å². The Morgan fingerprint density at radius 3 is 2.54 bits per heavy atom. The number of carboxylic acids is 1. The predicted octanol–water partition coefficient (Wildman–Crippen LogP) is 5.35. The molecule has 3 aromatic heterocycles. The fourth-order valence-corrected chi connectivity index (χ4v) is 3.36. The minimum atomic E-state index is -4.67. The summed E-state index contributed by atoms with van der Waals surface area (Å²) in [5, 5.41) is 15.9. The van der Waals surface area contributed by atoms with Crippen molar-refractivity contribution in [1.29, 1.82) is 0 Å². The lowest BCUT2D eigenvalue weighted by molar-refractivity contribution is -0.141. The van der Waals surface area contributed by atoms with Gasteiger partial charge in [-0.05, 0) is 38.1 Å². The Bertz CT molecular complexity index is 1490. The molecule has 9 nitrogen and oxygen atoms in total. The topological polar surface area (TPSA) is 110 Å². The molecule has 12 heteroatoms. The molecule has 0 atom stereocenters. The van der Waals surface area contributed by atoms with E-state index in [2.05, 4.69) is 30.2 Å². The molecular formula is C23H16F3N7O2. The van der Waals surface area contributed by atoms with E-state index in [1.165, 1.54) is 25.4 Å². The molecule has 4 rings (SSSR count). The molecule has 0 radical (unpaired) electrons. The fraction of sp³-hybridized carbons (Fsp3) is 0.130. The maximum Gasteiger partial charge on any atom is 0.435 e. The van der Waals surface area contributed by atoms with Crippen LogP contribution in [0.2, 0.25) is 0 Å². The molecule has 0 aliphatic heterocycles. The van der Waals surface area contributed by atoms with Gasteiger partial charge in [0.25, 0.3) is 0 Å². The second kappa shape index (κ2) is 8.86. The first kappa shape index (κ1) is 23.4. The Hall–Kier alpha value is -4.79. The number of nitrogens with zero attached hydrogens (tertiary/aromatic N) is 6. The van der Waals surface area contributed by atoms with Crippen molar-refractivity contribution >= 4 is 23.3 Å². The number of nitrogens with one attached hydrogen (secondary N) is 1. The van der Waals surface area contributed by atoms with Gasteiger partial charge in [0.1, 0.15) is 0 Å². The number of pyridine rings is 1. The Labute approximate surface area is 196 Å². The standard InChI is InChI=1S/C23H16F3N7O2/c1-12-4-16(27-3)8-17(5-12)30-22-29-11-18(14-7-15(21(34)35)10-28-9-14)20(31-22)33-13(2)6-19(32-33)23(24,25)26/h4-11H,1-2H3,(H,34,35)(H,29,30,31). The smallest absolute Gasteiger partial charge is 0.435 e. The quantitative estimate of drug-likeness (QED) is 0.371. The van der Waals surface area contributed by atoms with E-state index in [0.717, 1.165) is 22.5 Å². The predicted molar refractivity (Wildman–Crippen MR) is 120 cm³/mol. The maximum atomic E-state index is 13.3. The highest BCUT2D eigenvalue weighted by Gasteiger charge is 2.35. The van der Waals surface area contributed by atoms with E-state index in [1.54, 1.807) is 18.2 Å². The third kappa shape index (κ3) is 4.93. The lowest BCUT2D eigenvalue weighted by Crippen LogP contribution is -2.11. The van der Waals surface area contributed by atoms with Gasteiger partial charge in [0.05, 0.1) is 12.1 Å². The summed E-state index contributed by atoms with van der Waals surface area (Å²) in [5.74, 6) is -1.20. The highest BCUT2D eigenvalue weighted by atomic mass is 19.4. The minimum Gasteiger partial charge on any atom is -0.478 e. The van der Waals surface area contributed by atoms with E-state index in [0.29, 0.717) is 11.4 Å². The average molecular weight is 479 g/mol. The molecule has 0 bridgehead atoms. The molecule has 0 spiro atoms. The van der Waals surface area contributed by atoms with Crippen LogP contribution in [0.5, 0.6) is 0 Å². The Balaban J connectivity index is 1.88. The first-order valence-corrected chi connectivity index (χ1v) is 10.0. The number of rotatable bonds is 5. The number of anilines is 2. The normalized spacial score (nSPS) is 11.2. The summed E-state index contributed by atoms with van der Waals surface area (Å²) in [7, 11) is 0. The van der Waals surface area contributed by atoms with Crippen LogP contribution < -0.4 is 5.32 Å². The summed E-state index contributed by atoms with van der Waals surface area (Å²) in [5.41, 5.74) is 1.14. The van der Waals surface area contributed by atoms with Gasteiger partial charge in [-0.25, -0.2) is 19.3 Å². The van der Waals surface area contributed by atoms with Crippen molar-refractivity contribution in [2.45, 2.75) is 20.0 Å². The van der Waals surface area contributed by atoms with Crippen LogP contribution in [0.1, 0.15) is 27.3 Å². The number of alkyl halides is 3. The molecular weight excluding hydrogens is 463 g/mol. The highest BCUT2D eigenvalue weighted by molar-refractivity contribution is 5.89. The van der Waals surface area contributed by atoms with Gasteiger partial charge in [0.15, 0.2) is 17.2 Å². The average Bonchev–Trinajstić information content (AvgIpc) is 3.20. The van der Waals surface area contributed by atoms with Gasteiger partial charge in [-0.15, -0.1) is 0 Å². The summed E-state index contributed by atoms with van der Waals surface area (Å²) < 4.78 is 41.0. The number of carbonyl (C=O) groups is 1. The summed E-state index contributed by atoms with van der Waals surface area (Å²) in [4.78, 5) is 27.4. The number of aryl methyl sites for hydroxylation is 2. The number of carboxylic acid groups (broad SMARTS) is 1. The van der Waals surface area contributed by atoms with Crippen LogP contribution in [0, 0.1) is 20.4 Å². The largest absolute Gasteiger partial charge is 0.478 e. The van der Waals surface area contributed by atoms with E-state index >= 15 is 0 Å². The summed E-state index contributed by atoms with van der Waals surface area (Å²) >= 11 is 0. The van der Waals surface area contributed by atoms with E-state index < -0.39 is 17.8 Å². The molecule has 0 unspecified atom stereocenters. The van der Waals surface area contributed by atoms with Gasteiger partial charge in [-0.2, -0.15) is 23.3 Å². The van der Waals surface area contributed by atoms with Crippen LogP contribution in [0.25, 0.3) is 21.8 Å². The summed E-state index contributed by atoms with van der Waals surface area (Å²) in [6.07, 6.45) is -0.830. The van der Waals surface area contributed by atoms with Crippen LogP contribution in [0.4, 0.5) is 30.5 Å². The number of hydrogen-bond donors (Lipinski definition) is 2. The molecule has 0 saturated carbocycles. The number of aromatic nitrogens is 5. The zero-order valence-electron chi connectivity index (χ0n) is 18.3. The molecule has 0 saturated heterocycles. The number of hydrogen-bond acceptors (Lipinski definition) is 6. The van der Waals surface area contributed by atoms with E-state index in [-0.39, 0.29) is 34.2 Å². The van der Waals surface area contributed by atoms with Gasteiger partial charge in [0.2, 0.25) is 5.95 Å². The lowest BCUT2D eigenvalue weighted by atomic mass is 10.1. The van der Waals surface area contributed by atoms with E-state index in [1.807, 2.05) is 6.92 Å². The summed E-state index contributed by atoms with van der Waals surface area (Å²) in [6.45, 7) is 10.5. The van der Waals surface area contributed by atoms with Crippen molar-refractivity contribution in [2.75, 3.05) is 5.32 Å². The Morgan fingerprint density at radius 1 is 1.11 bits per heavy atom. The Kier molecular flexibility index (Phi) is 5.92. The second-order valence-electron chi connectivity index (χ2n) is 7.57. The van der Waals surface area contributed by atoms with Crippen molar-refractivity contribution < 1.29 is 23.1 Å². The van der Waals surface area contributed by atoms with Gasteiger partial charge in [-0.3, -0.25) is 4.98 Å². The molecule has 35 heavy (non-hydrogen) atoms. The van der Waals surface area contributed by atoms with Gasteiger partial charge < -0.3 is 10.4 Å². The number of halogens is 3. The van der Waals surface area contributed by atoms with Crippen LogP contribution in [-0.2, 0) is 6.18 Å². The first-order valence-electron chi connectivity index (χ1n) is 10.0. The zero-order chi connectivity index (χ0) is 25.3. The molecule has 4 aromatic rings. The number of aromatic carboxylic acids is 1. The van der Waals surface area contributed by atoms with Gasteiger partial charge >= 0.3 is 12.1 Å². The SMILES string of the molecule is [C-]#[N+]c1cc(C)cc(Nc2ncc(-c3cncc(C(=O)O)c3)c(-n3nc(C(F)(F)F)cc3C)n2)c1. The van der Waals surface area contributed by atoms with Crippen LogP contribution in [0.3, 0.4) is 0 Å². The first-order chi connectivity index (χ1) is 16.5. The minimum absolute atomic E-state index is 0.0158. The third-order valence-corrected chi connectivity index (χ3v) is 4.89. The van der Waals surface area contributed by atoms with Crippen molar-refractivity contribution in [2.24, 2.45) is 0 Å². The molecule has 2 N–H and O–H groups in total. The fourth-order valence-electron chi connectivity index (χ4n) is 3.36. The summed E-state index contributed by atoms with van der Waals surface area (Å²) in [6, 6.07) is 7.23. The molecule has 0 amide bonds. The van der Waals surface area contributed by atoms with Crippen molar-refractivity contribution in [3.63, 3.8) is 0 Å². The van der Waals surface area contributed by atoms with Gasteiger partial charge in [-0.1, -0.05) is 11.6 Å².